The van der Waals surface area contributed by atoms with Crippen molar-refractivity contribution in [1.82, 2.24) is 4.31 Å². The van der Waals surface area contributed by atoms with E-state index in [2.05, 4.69) is 10.6 Å². The van der Waals surface area contributed by atoms with Gasteiger partial charge in [0.2, 0.25) is 10.0 Å². The first kappa shape index (κ1) is 20.9. The molecule has 160 valence electrons. The predicted octanol–water partition coefficient (Wildman–Crippen LogP) is 3.83. The molecular weight excluding hydrogens is 422 g/mol. The maximum absolute atomic E-state index is 12.9. The molecule has 0 aromatic heterocycles. The Kier molecular flexibility index (Phi) is 6.40. The fourth-order valence-electron chi connectivity index (χ4n) is 3.56. The van der Waals surface area contributed by atoms with Gasteiger partial charge in [-0.25, -0.2) is 8.42 Å². The number of nitrogens with zero attached hydrogens (tertiary/aromatic N) is 1. The third-order valence-electron chi connectivity index (χ3n) is 5.12. The van der Waals surface area contributed by atoms with Gasteiger partial charge < -0.3 is 20.1 Å². The molecule has 2 aromatic rings. The first-order valence-electron chi connectivity index (χ1n) is 10.1. The molecule has 0 saturated carbocycles. The minimum absolute atomic E-state index is 0.306. The molecule has 2 aromatic carbocycles. The van der Waals surface area contributed by atoms with E-state index >= 15 is 0 Å². The number of rotatable bonds is 4. The van der Waals surface area contributed by atoms with E-state index in [0.717, 1.165) is 31.4 Å². The molecule has 0 amide bonds. The van der Waals surface area contributed by atoms with Gasteiger partial charge in [0.05, 0.1) is 4.90 Å². The van der Waals surface area contributed by atoms with Crippen LogP contribution in [0.1, 0.15) is 25.7 Å². The molecule has 4 rings (SSSR count). The van der Waals surface area contributed by atoms with Crippen molar-refractivity contribution in [2.45, 2.75) is 30.6 Å². The van der Waals surface area contributed by atoms with E-state index in [4.69, 9.17) is 21.7 Å². The van der Waals surface area contributed by atoms with Gasteiger partial charge in [-0.2, -0.15) is 4.31 Å². The van der Waals surface area contributed by atoms with Crippen LogP contribution in [0.5, 0.6) is 11.5 Å². The molecule has 2 N–H and O–H groups in total. The van der Waals surface area contributed by atoms with E-state index < -0.39 is 10.0 Å². The lowest BCUT2D eigenvalue weighted by atomic mass is 10.2. The molecule has 0 atom stereocenters. The van der Waals surface area contributed by atoms with Crippen molar-refractivity contribution in [2.24, 2.45) is 0 Å². The Morgan fingerprint density at radius 1 is 0.833 bits per heavy atom. The van der Waals surface area contributed by atoms with Crippen LogP contribution in [-0.4, -0.2) is 44.1 Å². The summed E-state index contributed by atoms with van der Waals surface area (Å²) in [6.07, 6.45) is 4.00. The summed E-state index contributed by atoms with van der Waals surface area (Å²) in [5.41, 5.74) is 1.48. The summed E-state index contributed by atoms with van der Waals surface area (Å²) in [7, 11) is -3.46. The van der Waals surface area contributed by atoms with Gasteiger partial charge in [-0.15, -0.1) is 0 Å². The van der Waals surface area contributed by atoms with Crippen LogP contribution < -0.4 is 20.1 Å². The lowest BCUT2D eigenvalue weighted by Gasteiger charge is -2.20. The fourth-order valence-corrected chi connectivity index (χ4v) is 5.31. The van der Waals surface area contributed by atoms with Gasteiger partial charge in [0.25, 0.3) is 0 Å². The Hall–Kier alpha value is -2.36. The third kappa shape index (κ3) is 4.85. The van der Waals surface area contributed by atoms with Crippen LogP contribution in [0.4, 0.5) is 11.4 Å². The summed E-state index contributed by atoms with van der Waals surface area (Å²) < 4.78 is 38.4. The van der Waals surface area contributed by atoms with Crippen molar-refractivity contribution in [3.05, 3.63) is 42.5 Å². The third-order valence-corrected chi connectivity index (χ3v) is 7.23. The van der Waals surface area contributed by atoms with Crippen LogP contribution >= 0.6 is 12.2 Å². The van der Waals surface area contributed by atoms with E-state index in [0.29, 0.717) is 53.5 Å². The Morgan fingerprint density at radius 3 is 2.13 bits per heavy atom. The zero-order valence-electron chi connectivity index (χ0n) is 16.6. The van der Waals surface area contributed by atoms with Gasteiger partial charge in [-0.05, 0) is 61.5 Å². The molecular formula is C21H25N3O4S2. The molecule has 2 aliphatic rings. The topological polar surface area (TPSA) is 79.9 Å². The molecule has 0 radical (unpaired) electrons. The lowest BCUT2D eigenvalue weighted by molar-refractivity contribution is 0.171. The van der Waals surface area contributed by atoms with Gasteiger partial charge >= 0.3 is 0 Å². The quantitative estimate of drug-likeness (QED) is 0.690. The van der Waals surface area contributed by atoms with Crippen LogP contribution in [0.3, 0.4) is 0 Å². The summed E-state index contributed by atoms with van der Waals surface area (Å²) >= 11 is 5.38. The normalized spacial score (nSPS) is 17.1. The molecule has 1 saturated heterocycles. The highest BCUT2D eigenvalue weighted by Gasteiger charge is 2.25. The largest absolute Gasteiger partial charge is 0.486 e. The van der Waals surface area contributed by atoms with Gasteiger partial charge in [0.15, 0.2) is 16.6 Å². The molecule has 0 spiro atoms. The minimum atomic E-state index is -3.46. The maximum Gasteiger partial charge on any atom is 0.243 e. The summed E-state index contributed by atoms with van der Waals surface area (Å²) in [6.45, 7) is 2.24. The second-order valence-corrected chi connectivity index (χ2v) is 9.63. The lowest BCUT2D eigenvalue weighted by Crippen LogP contribution is -2.31. The molecule has 0 unspecified atom stereocenters. The van der Waals surface area contributed by atoms with Crippen LogP contribution in [0.15, 0.2) is 47.4 Å². The van der Waals surface area contributed by atoms with Crippen molar-refractivity contribution in [1.29, 1.82) is 0 Å². The number of hydrogen-bond acceptors (Lipinski definition) is 5. The van der Waals surface area contributed by atoms with Crippen LogP contribution in [0.2, 0.25) is 0 Å². The number of thiocarbonyl (C=S) groups is 1. The summed E-state index contributed by atoms with van der Waals surface area (Å²) in [4.78, 5) is 0.306. The Balaban J connectivity index is 1.39. The Bertz CT molecular complexity index is 1000. The van der Waals surface area contributed by atoms with Crippen molar-refractivity contribution in [3.8, 4) is 11.5 Å². The van der Waals surface area contributed by atoms with Gasteiger partial charge in [-0.3, -0.25) is 0 Å². The second kappa shape index (κ2) is 9.20. The van der Waals surface area contributed by atoms with E-state index in [-0.39, 0.29) is 0 Å². The Labute approximate surface area is 182 Å². The summed E-state index contributed by atoms with van der Waals surface area (Å²) in [5, 5.41) is 6.58. The molecule has 30 heavy (non-hydrogen) atoms. The number of hydrogen-bond donors (Lipinski definition) is 2. The number of ether oxygens (including phenoxy) is 2. The zero-order chi connectivity index (χ0) is 21.0. The van der Waals surface area contributed by atoms with E-state index in [1.807, 2.05) is 18.2 Å². The standard InChI is InChI=1S/C21H25N3O4S2/c25-30(26,24-11-3-1-2-4-12-24)18-8-5-16(6-9-18)22-21(29)23-17-7-10-19-20(15-17)28-14-13-27-19/h5-10,15H,1-4,11-14H2,(H2,22,23,29). The molecule has 0 bridgehead atoms. The highest BCUT2D eigenvalue weighted by atomic mass is 32.2. The van der Waals surface area contributed by atoms with Crippen molar-refractivity contribution in [2.75, 3.05) is 36.9 Å². The van der Waals surface area contributed by atoms with Crippen molar-refractivity contribution in [3.63, 3.8) is 0 Å². The number of fused-ring (bicyclic) bond motifs is 1. The predicted molar refractivity (Wildman–Crippen MR) is 121 cm³/mol. The molecule has 1 fully saturated rings. The highest BCUT2D eigenvalue weighted by Crippen LogP contribution is 2.32. The van der Waals surface area contributed by atoms with Crippen molar-refractivity contribution >= 4 is 38.7 Å². The summed E-state index contributed by atoms with van der Waals surface area (Å²) in [5.74, 6) is 1.39. The SMILES string of the molecule is O=S(=O)(c1ccc(NC(=S)Nc2ccc3c(c2)OCCO3)cc1)N1CCCCCC1. The molecule has 7 nitrogen and oxygen atoms in total. The van der Waals surface area contributed by atoms with Crippen molar-refractivity contribution < 1.29 is 17.9 Å². The fraction of sp³-hybridized carbons (Fsp3) is 0.381. The van der Waals surface area contributed by atoms with Gasteiger partial charge in [-0.1, -0.05) is 12.8 Å². The molecule has 9 heteroatoms. The average molecular weight is 448 g/mol. The monoisotopic (exact) mass is 447 g/mol. The van der Waals surface area contributed by atoms with Gasteiger partial charge in [0.1, 0.15) is 13.2 Å². The zero-order valence-corrected chi connectivity index (χ0v) is 18.2. The summed E-state index contributed by atoms with van der Waals surface area (Å²) in [6, 6.07) is 12.2. The first-order valence-corrected chi connectivity index (χ1v) is 11.9. The number of sulfonamides is 1. The number of benzene rings is 2. The number of anilines is 2. The van der Waals surface area contributed by atoms with E-state index in [1.54, 1.807) is 28.6 Å². The second-order valence-electron chi connectivity index (χ2n) is 7.28. The first-order chi connectivity index (χ1) is 14.5. The highest BCUT2D eigenvalue weighted by molar-refractivity contribution is 7.89. The maximum atomic E-state index is 12.9. The van der Waals surface area contributed by atoms with Gasteiger partial charge in [0, 0.05) is 30.5 Å². The van der Waals surface area contributed by atoms with E-state index in [9.17, 15) is 8.42 Å². The number of nitrogens with one attached hydrogen (secondary N) is 2. The smallest absolute Gasteiger partial charge is 0.243 e. The van der Waals surface area contributed by atoms with Crippen LogP contribution in [0, 0.1) is 0 Å². The van der Waals surface area contributed by atoms with E-state index in [1.165, 1.54) is 0 Å². The average Bonchev–Trinajstić information content (AvgIpc) is 3.04. The van der Waals surface area contributed by atoms with Crippen LogP contribution in [0.25, 0.3) is 0 Å². The minimum Gasteiger partial charge on any atom is -0.486 e. The van der Waals surface area contributed by atoms with Crippen LogP contribution in [-0.2, 0) is 10.0 Å². The molecule has 2 heterocycles. The molecule has 0 aliphatic carbocycles. The molecule has 2 aliphatic heterocycles. The Morgan fingerprint density at radius 2 is 1.43 bits per heavy atom.